The molecule has 1 amide bonds. The van der Waals surface area contributed by atoms with E-state index in [9.17, 15) is 9.18 Å². The van der Waals surface area contributed by atoms with E-state index >= 15 is 0 Å². The SMILES string of the molecule is CC(C)(C)N=C(NC(=O)c1ccc(N2CCOCC2)nc1)Nc1cc(-c2ccc(F)cc2)[nH]n1. The number of morpholine rings is 1. The fourth-order valence-corrected chi connectivity index (χ4v) is 3.39. The number of guanidine groups is 1. The number of aromatic amines is 1. The molecule has 0 aliphatic carbocycles. The van der Waals surface area contributed by atoms with Gasteiger partial charge in [-0.3, -0.25) is 15.2 Å². The first kappa shape index (κ1) is 23.4. The Labute approximate surface area is 197 Å². The van der Waals surface area contributed by atoms with Crippen molar-refractivity contribution in [2.45, 2.75) is 26.3 Å². The van der Waals surface area contributed by atoms with Crippen molar-refractivity contribution in [3.8, 4) is 11.3 Å². The predicted molar refractivity (Wildman–Crippen MR) is 130 cm³/mol. The Bertz CT molecular complexity index is 1150. The van der Waals surface area contributed by atoms with E-state index in [-0.39, 0.29) is 17.7 Å². The summed E-state index contributed by atoms with van der Waals surface area (Å²) < 4.78 is 18.6. The Morgan fingerprint density at radius 3 is 2.53 bits per heavy atom. The second-order valence-corrected chi connectivity index (χ2v) is 8.89. The highest BCUT2D eigenvalue weighted by molar-refractivity contribution is 6.09. The first-order chi connectivity index (χ1) is 16.3. The second-order valence-electron chi connectivity index (χ2n) is 8.89. The van der Waals surface area contributed by atoms with Crippen molar-refractivity contribution in [3.63, 3.8) is 0 Å². The normalized spacial score (nSPS) is 14.7. The highest BCUT2D eigenvalue weighted by Gasteiger charge is 2.17. The molecule has 0 radical (unpaired) electrons. The van der Waals surface area contributed by atoms with Crippen LogP contribution in [0.3, 0.4) is 0 Å². The molecule has 10 heteroatoms. The van der Waals surface area contributed by atoms with Crippen LogP contribution in [0.1, 0.15) is 31.1 Å². The number of hydrogen-bond donors (Lipinski definition) is 3. The number of carbonyl (C=O) groups excluding carboxylic acids is 1. The van der Waals surface area contributed by atoms with E-state index < -0.39 is 5.54 Å². The fraction of sp³-hybridized carbons (Fsp3) is 0.333. The van der Waals surface area contributed by atoms with E-state index in [0.717, 1.165) is 24.5 Å². The lowest BCUT2D eigenvalue weighted by Gasteiger charge is -2.27. The van der Waals surface area contributed by atoms with Crippen LogP contribution in [-0.2, 0) is 4.74 Å². The molecule has 1 aromatic carbocycles. The first-order valence-electron chi connectivity index (χ1n) is 11.1. The van der Waals surface area contributed by atoms with Gasteiger partial charge in [0.05, 0.1) is 30.0 Å². The van der Waals surface area contributed by atoms with Crippen molar-refractivity contribution in [2.75, 3.05) is 36.5 Å². The molecular weight excluding hydrogens is 437 g/mol. The van der Waals surface area contributed by atoms with Crippen LogP contribution in [0.4, 0.5) is 16.0 Å². The maximum atomic E-state index is 13.2. The zero-order chi connectivity index (χ0) is 24.1. The smallest absolute Gasteiger partial charge is 0.259 e. The van der Waals surface area contributed by atoms with Crippen LogP contribution in [0.2, 0.25) is 0 Å². The number of carbonyl (C=O) groups is 1. The minimum absolute atomic E-state index is 0.256. The third-order valence-electron chi connectivity index (χ3n) is 5.00. The lowest BCUT2D eigenvalue weighted by Crippen LogP contribution is -2.38. The van der Waals surface area contributed by atoms with Gasteiger partial charge >= 0.3 is 0 Å². The third-order valence-corrected chi connectivity index (χ3v) is 5.00. The molecule has 4 rings (SSSR count). The first-order valence-corrected chi connectivity index (χ1v) is 11.1. The largest absolute Gasteiger partial charge is 0.378 e. The number of hydrogen-bond acceptors (Lipinski definition) is 6. The number of pyridine rings is 1. The topological polar surface area (TPSA) is 108 Å². The molecule has 0 spiro atoms. The van der Waals surface area contributed by atoms with Gasteiger partial charge < -0.3 is 15.0 Å². The number of nitrogens with zero attached hydrogens (tertiary/aromatic N) is 4. The van der Waals surface area contributed by atoms with Gasteiger partial charge in [0.2, 0.25) is 5.96 Å². The molecule has 2 aromatic heterocycles. The maximum Gasteiger partial charge on any atom is 0.259 e. The summed E-state index contributed by atoms with van der Waals surface area (Å²) in [5.74, 6) is 0.879. The number of aliphatic imine (C=N–C) groups is 1. The Balaban J connectivity index is 1.47. The van der Waals surface area contributed by atoms with Crippen molar-refractivity contribution in [1.29, 1.82) is 0 Å². The van der Waals surface area contributed by atoms with Gasteiger partial charge in [0.15, 0.2) is 5.82 Å². The Morgan fingerprint density at radius 2 is 1.88 bits per heavy atom. The maximum absolute atomic E-state index is 13.2. The van der Waals surface area contributed by atoms with E-state index in [1.54, 1.807) is 30.5 Å². The van der Waals surface area contributed by atoms with Crippen LogP contribution in [0.5, 0.6) is 0 Å². The van der Waals surface area contributed by atoms with Crippen molar-refractivity contribution >= 4 is 23.5 Å². The van der Waals surface area contributed by atoms with Crippen molar-refractivity contribution in [2.24, 2.45) is 4.99 Å². The van der Waals surface area contributed by atoms with Gasteiger partial charge in [-0.1, -0.05) is 0 Å². The molecule has 34 heavy (non-hydrogen) atoms. The number of amides is 1. The monoisotopic (exact) mass is 465 g/mol. The minimum atomic E-state index is -0.454. The predicted octanol–water partition coefficient (Wildman–Crippen LogP) is 3.44. The van der Waals surface area contributed by atoms with Gasteiger partial charge in [-0.2, -0.15) is 5.10 Å². The zero-order valence-corrected chi connectivity index (χ0v) is 19.4. The van der Waals surface area contributed by atoms with Gasteiger partial charge in [-0.15, -0.1) is 0 Å². The van der Waals surface area contributed by atoms with Crippen LogP contribution in [0.25, 0.3) is 11.3 Å². The molecule has 1 saturated heterocycles. The molecule has 0 atom stereocenters. The lowest BCUT2D eigenvalue weighted by atomic mass is 10.1. The summed E-state index contributed by atoms with van der Waals surface area (Å²) in [5, 5.41) is 13.0. The third kappa shape index (κ3) is 6.16. The Kier molecular flexibility index (Phi) is 6.87. The number of halogens is 1. The van der Waals surface area contributed by atoms with Gasteiger partial charge in [-0.25, -0.2) is 14.4 Å². The number of aromatic nitrogens is 3. The van der Waals surface area contributed by atoms with Crippen LogP contribution >= 0.6 is 0 Å². The second kappa shape index (κ2) is 10.0. The van der Waals surface area contributed by atoms with Gasteiger partial charge in [0.1, 0.15) is 11.6 Å². The molecule has 0 bridgehead atoms. The van der Waals surface area contributed by atoms with E-state index in [4.69, 9.17) is 4.74 Å². The molecule has 9 nitrogen and oxygen atoms in total. The van der Waals surface area contributed by atoms with E-state index in [2.05, 4.69) is 35.7 Å². The van der Waals surface area contributed by atoms with Gasteiger partial charge in [-0.05, 0) is 62.7 Å². The summed E-state index contributed by atoms with van der Waals surface area (Å²) in [7, 11) is 0. The van der Waals surface area contributed by atoms with E-state index in [0.29, 0.717) is 30.3 Å². The van der Waals surface area contributed by atoms with Crippen LogP contribution < -0.4 is 15.5 Å². The molecule has 1 aliphatic rings. The van der Waals surface area contributed by atoms with Gasteiger partial charge in [0.25, 0.3) is 5.91 Å². The Hall–Kier alpha value is -3.79. The van der Waals surface area contributed by atoms with Crippen molar-refractivity contribution < 1.29 is 13.9 Å². The lowest BCUT2D eigenvalue weighted by molar-refractivity contribution is 0.0976. The van der Waals surface area contributed by atoms with Crippen molar-refractivity contribution in [1.82, 2.24) is 20.5 Å². The highest BCUT2D eigenvalue weighted by atomic mass is 19.1. The number of anilines is 2. The molecule has 3 aromatic rings. The number of rotatable bonds is 4. The molecule has 3 heterocycles. The van der Waals surface area contributed by atoms with E-state index in [1.165, 1.54) is 12.1 Å². The fourth-order valence-electron chi connectivity index (χ4n) is 3.39. The van der Waals surface area contributed by atoms with Gasteiger partial charge in [0, 0.05) is 25.4 Å². The number of ether oxygens (including phenoxy) is 1. The van der Waals surface area contributed by atoms with Crippen LogP contribution in [0, 0.1) is 5.82 Å². The molecule has 178 valence electrons. The Morgan fingerprint density at radius 1 is 1.15 bits per heavy atom. The summed E-state index contributed by atoms with van der Waals surface area (Å²) in [6.07, 6.45) is 1.55. The molecular formula is C24H28FN7O2. The minimum Gasteiger partial charge on any atom is -0.378 e. The highest BCUT2D eigenvalue weighted by Crippen LogP contribution is 2.20. The zero-order valence-electron chi connectivity index (χ0n) is 19.4. The average Bonchev–Trinajstić information content (AvgIpc) is 3.27. The summed E-state index contributed by atoms with van der Waals surface area (Å²) in [5.41, 5.74) is 1.44. The molecule has 3 N–H and O–H groups in total. The quantitative estimate of drug-likeness (QED) is 0.403. The van der Waals surface area contributed by atoms with Crippen molar-refractivity contribution in [3.05, 3.63) is 60.0 Å². The van der Waals surface area contributed by atoms with Crippen LogP contribution in [0.15, 0.2) is 53.7 Å². The summed E-state index contributed by atoms with van der Waals surface area (Å²) in [6.45, 7) is 8.65. The number of nitrogens with one attached hydrogen (secondary N) is 3. The summed E-state index contributed by atoms with van der Waals surface area (Å²) >= 11 is 0. The molecule has 1 fully saturated rings. The number of benzene rings is 1. The number of H-pyrrole nitrogens is 1. The standard InChI is InChI=1S/C24H28FN7O2/c1-24(2,3)29-23(27-20-14-19(30-31-20)16-4-7-18(25)8-5-16)28-22(33)17-6-9-21(26-15-17)32-10-12-34-13-11-32/h4-9,14-15H,10-13H2,1-3H3,(H3,27,28,29,30,31,33). The summed E-state index contributed by atoms with van der Waals surface area (Å²) in [4.78, 5) is 24.0. The molecule has 1 aliphatic heterocycles. The molecule has 0 saturated carbocycles. The van der Waals surface area contributed by atoms with Crippen LogP contribution in [-0.4, -0.2) is 58.9 Å². The summed E-state index contributed by atoms with van der Waals surface area (Å²) in [6, 6.07) is 11.4. The molecule has 0 unspecified atom stereocenters. The average molecular weight is 466 g/mol. The van der Waals surface area contributed by atoms with E-state index in [1.807, 2.05) is 26.8 Å².